The van der Waals surface area contributed by atoms with Crippen LogP contribution in [0.4, 0.5) is 0 Å². The van der Waals surface area contributed by atoms with Crippen LogP contribution in [0.15, 0.2) is 60.7 Å². The molecule has 0 saturated carbocycles. The summed E-state index contributed by atoms with van der Waals surface area (Å²) in [6.45, 7) is 2.14. The van der Waals surface area contributed by atoms with Crippen molar-refractivity contribution in [3.63, 3.8) is 0 Å². The molecule has 0 bridgehead atoms. The van der Waals surface area contributed by atoms with Gasteiger partial charge in [-0.25, -0.2) is 0 Å². The first-order valence-corrected chi connectivity index (χ1v) is 6.67. The first kappa shape index (κ1) is 12.0. The predicted octanol–water partition coefficient (Wildman–Crippen LogP) is 4.28. The SMILES string of the molecule is CC(CP=O)(c1ccccc1)c1ccccc1. The molecule has 1 nitrogen and oxygen atoms in total. The molecule has 0 spiro atoms. The molecule has 2 rings (SSSR count). The second-order valence-corrected chi connectivity index (χ2v) is 4.93. The highest BCUT2D eigenvalue weighted by Crippen LogP contribution is 2.34. The van der Waals surface area contributed by atoms with Crippen LogP contribution in [0.1, 0.15) is 18.1 Å². The molecule has 0 aliphatic rings. The van der Waals surface area contributed by atoms with Crippen LogP contribution in [0.3, 0.4) is 0 Å². The summed E-state index contributed by atoms with van der Waals surface area (Å²) in [4.78, 5) is 0. The zero-order valence-electron chi connectivity index (χ0n) is 9.84. The van der Waals surface area contributed by atoms with Crippen LogP contribution in [0.5, 0.6) is 0 Å². The lowest BCUT2D eigenvalue weighted by Gasteiger charge is -2.28. The highest BCUT2D eigenvalue weighted by molar-refractivity contribution is 7.23. The van der Waals surface area contributed by atoms with E-state index in [1.165, 1.54) is 11.1 Å². The van der Waals surface area contributed by atoms with Crippen molar-refractivity contribution in [2.75, 3.05) is 6.16 Å². The second kappa shape index (κ2) is 5.25. The molecule has 0 radical (unpaired) electrons. The van der Waals surface area contributed by atoms with Gasteiger partial charge in [-0.3, -0.25) is 4.57 Å². The summed E-state index contributed by atoms with van der Waals surface area (Å²) in [5.41, 5.74) is 2.22. The Morgan fingerprint density at radius 3 is 1.65 bits per heavy atom. The first-order valence-electron chi connectivity index (χ1n) is 5.67. The minimum Gasteiger partial charge on any atom is -0.275 e. The lowest BCUT2D eigenvalue weighted by molar-refractivity contribution is 0.581. The van der Waals surface area contributed by atoms with E-state index in [4.69, 9.17) is 0 Å². The Morgan fingerprint density at radius 2 is 1.29 bits per heavy atom. The highest BCUT2D eigenvalue weighted by atomic mass is 31.1. The summed E-state index contributed by atoms with van der Waals surface area (Å²) < 4.78 is 11.1. The van der Waals surface area contributed by atoms with Gasteiger partial charge in [0.1, 0.15) is 0 Å². The summed E-state index contributed by atoms with van der Waals surface area (Å²) in [5.74, 6) is 0. The molecule has 0 fully saturated rings. The van der Waals surface area contributed by atoms with E-state index < -0.39 is 0 Å². The van der Waals surface area contributed by atoms with Gasteiger partial charge >= 0.3 is 0 Å². The average Bonchev–Trinajstić information content (AvgIpc) is 2.41. The van der Waals surface area contributed by atoms with Gasteiger partial charge in [0.15, 0.2) is 8.46 Å². The summed E-state index contributed by atoms with van der Waals surface area (Å²) in [6, 6.07) is 20.5. The quantitative estimate of drug-likeness (QED) is 0.731. The van der Waals surface area contributed by atoms with Gasteiger partial charge in [0.25, 0.3) is 0 Å². The Hall–Kier alpha value is -1.46. The fraction of sp³-hybridized carbons (Fsp3) is 0.200. The summed E-state index contributed by atoms with van der Waals surface area (Å²) >= 11 is 0. The van der Waals surface area contributed by atoms with Crippen molar-refractivity contribution in [1.82, 2.24) is 0 Å². The van der Waals surface area contributed by atoms with Crippen LogP contribution >= 0.6 is 8.46 Å². The Balaban J connectivity index is 2.50. The van der Waals surface area contributed by atoms with Crippen LogP contribution in [0.2, 0.25) is 0 Å². The molecule has 2 aromatic rings. The van der Waals surface area contributed by atoms with Crippen LogP contribution in [-0.4, -0.2) is 6.16 Å². The molecule has 2 aromatic carbocycles. The molecule has 0 atom stereocenters. The van der Waals surface area contributed by atoms with Crippen LogP contribution in [0, 0.1) is 0 Å². The van der Waals surface area contributed by atoms with E-state index >= 15 is 0 Å². The average molecular weight is 242 g/mol. The maximum atomic E-state index is 11.1. The maximum absolute atomic E-state index is 11.1. The maximum Gasteiger partial charge on any atom is 0.156 e. The second-order valence-electron chi connectivity index (χ2n) is 4.35. The smallest absolute Gasteiger partial charge is 0.156 e. The molecule has 0 heterocycles. The van der Waals surface area contributed by atoms with Gasteiger partial charge in [0.2, 0.25) is 0 Å². The Bertz CT molecular complexity index is 439. The van der Waals surface area contributed by atoms with Gasteiger partial charge < -0.3 is 0 Å². The van der Waals surface area contributed by atoms with Crippen molar-refractivity contribution in [1.29, 1.82) is 0 Å². The molecule has 86 valence electrons. The number of rotatable bonds is 4. The van der Waals surface area contributed by atoms with E-state index in [0.717, 1.165) is 0 Å². The van der Waals surface area contributed by atoms with Crippen LogP contribution in [-0.2, 0) is 9.98 Å². The van der Waals surface area contributed by atoms with Gasteiger partial charge in [-0.1, -0.05) is 67.6 Å². The van der Waals surface area contributed by atoms with E-state index in [2.05, 4.69) is 31.2 Å². The summed E-state index contributed by atoms with van der Waals surface area (Å²) in [7, 11) is 0.179. The Kier molecular flexibility index (Phi) is 3.71. The molecular weight excluding hydrogens is 227 g/mol. The van der Waals surface area contributed by atoms with Crippen molar-refractivity contribution < 1.29 is 4.57 Å². The lowest BCUT2D eigenvalue weighted by atomic mass is 9.78. The van der Waals surface area contributed by atoms with Gasteiger partial charge in [-0.2, -0.15) is 0 Å². The molecule has 2 heteroatoms. The predicted molar refractivity (Wildman–Crippen MR) is 71.8 cm³/mol. The third-order valence-corrected chi connectivity index (χ3v) is 3.96. The number of hydrogen-bond donors (Lipinski definition) is 0. The molecule has 0 amide bonds. The van der Waals surface area contributed by atoms with Gasteiger partial charge in [0, 0.05) is 11.6 Å². The normalized spacial score (nSPS) is 11.6. The van der Waals surface area contributed by atoms with Gasteiger partial charge in [-0.05, 0) is 11.1 Å². The minimum atomic E-state index is -0.189. The highest BCUT2D eigenvalue weighted by Gasteiger charge is 2.28. The largest absolute Gasteiger partial charge is 0.275 e. The molecule has 0 saturated heterocycles. The molecule has 0 unspecified atom stereocenters. The molecule has 0 aromatic heterocycles. The van der Waals surface area contributed by atoms with Gasteiger partial charge in [-0.15, -0.1) is 0 Å². The molecule has 0 N–H and O–H groups in total. The lowest BCUT2D eigenvalue weighted by Crippen LogP contribution is -2.25. The van der Waals surface area contributed by atoms with Crippen molar-refractivity contribution in [2.24, 2.45) is 0 Å². The monoisotopic (exact) mass is 242 g/mol. The van der Waals surface area contributed by atoms with Crippen molar-refractivity contribution in [3.05, 3.63) is 71.8 Å². The van der Waals surface area contributed by atoms with E-state index in [9.17, 15) is 4.57 Å². The third-order valence-electron chi connectivity index (χ3n) is 3.20. The molecular formula is C15H15OP. The van der Waals surface area contributed by atoms with Gasteiger partial charge in [0.05, 0.1) is 0 Å². The zero-order chi connectivity index (χ0) is 12.1. The summed E-state index contributed by atoms with van der Waals surface area (Å²) in [6.07, 6.45) is 0.598. The van der Waals surface area contributed by atoms with Crippen molar-refractivity contribution >= 4 is 8.46 Å². The molecule has 0 aliphatic carbocycles. The third kappa shape index (κ3) is 2.45. The standard InChI is InChI=1S/C15H15OP/c1-15(12-17-16,13-8-4-2-5-9-13)14-10-6-3-7-11-14/h2-11H,12H2,1H3. The number of benzene rings is 2. The fourth-order valence-electron chi connectivity index (χ4n) is 2.09. The van der Waals surface area contributed by atoms with Crippen LogP contribution in [0.25, 0.3) is 0 Å². The Labute approximate surface area is 104 Å². The van der Waals surface area contributed by atoms with E-state index in [0.29, 0.717) is 6.16 Å². The fourth-order valence-corrected chi connectivity index (χ4v) is 2.71. The molecule has 17 heavy (non-hydrogen) atoms. The molecule has 0 aliphatic heterocycles. The zero-order valence-corrected chi connectivity index (χ0v) is 10.7. The van der Waals surface area contributed by atoms with E-state index in [1.807, 2.05) is 36.4 Å². The summed E-state index contributed by atoms with van der Waals surface area (Å²) in [5, 5.41) is 0. The van der Waals surface area contributed by atoms with Crippen LogP contribution < -0.4 is 0 Å². The first-order chi connectivity index (χ1) is 8.27. The Morgan fingerprint density at radius 1 is 0.882 bits per heavy atom. The van der Waals surface area contributed by atoms with E-state index in [-0.39, 0.29) is 13.9 Å². The minimum absolute atomic E-state index is 0.179. The topological polar surface area (TPSA) is 17.1 Å². The van der Waals surface area contributed by atoms with Crippen molar-refractivity contribution in [2.45, 2.75) is 12.3 Å². The number of hydrogen-bond acceptors (Lipinski definition) is 1. The van der Waals surface area contributed by atoms with Crippen molar-refractivity contribution in [3.8, 4) is 0 Å². The van der Waals surface area contributed by atoms with E-state index in [1.54, 1.807) is 0 Å².